The number of hydrogen-bond acceptors (Lipinski definition) is 3. The number of thioether (sulfide) groups is 1. The lowest BCUT2D eigenvalue weighted by molar-refractivity contribution is -0.136. The second-order valence-electron chi connectivity index (χ2n) is 3.44. The first-order valence-corrected chi connectivity index (χ1v) is 6.34. The minimum absolute atomic E-state index is 0.179. The zero-order valence-electron chi connectivity index (χ0n) is 9.42. The molecule has 3 nitrogen and oxygen atoms in total. The van der Waals surface area contributed by atoms with E-state index in [2.05, 4.69) is 0 Å². The van der Waals surface area contributed by atoms with Crippen LogP contribution in [0.4, 0.5) is 13.2 Å². The summed E-state index contributed by atoms with van der Waals surface area (Å²) in [5.74, 6) is -0.912. The molecular weight excluding hydrogens is 301 g/mol. The van der Waals surface area contributed by atoms with Crippen molar-refractivity contribution in [3.05, 3.63) is 28.8 Å². The third kappa shape index (κ3) is 5.85. The minimum atomic E-state index is -4.42. The predicted molar refractivity (Wildman–Crippen MR) is 66.0 cm³/mol. The maximum atomic E-state index is 11.9. The molecule has 8 heteroatoms. The maximum Gasteiger partial charge on any atom is 0.405 e. The summed E-state index contributed by atoms with van der Waals surface area (Å²) in [7, 11) is 0. The van der Waals surface area contributed by atoms with Crippen LogP contribution in [0.15, 0.2) is 23.1 Å². The summed E-state index contributed by atoms with van der Waals surface area (Å²) in [4.78, 5) is 11.7. The highest BCUT2D eigenvalue weighted by molar-refractivity contribution is 8.00. The number of carbonyl (C=O) groups is 1. The Morgan fingerprint density at radius 1 is 1.47 bits per heavy atom. The lowest BCUT2D eigenvalue weighted by Crippen LogP contribution is -2.34. The summed E-state index contributed by atoms with van der Waals surface area (Å²) < 4.78 is 35.6. The van der Waals surface area contributed by atoms with Crippen LogP contribution in [0.5, 0.6) is 0 Å². The van der Waals surface area contributed by atoms with Gasteiger partial charge in [-0.05, 0) is 18.2 Å². The zero-order chi connectivity index (χ0) is 14.5. The Bertz CT molecular complexity index is 514. The van der Waals surface area contributed by atoms with Gasteiger partial charge < -0.3 is 5.32 Å². The number of amides is 1. The molecule has 102 valence electrons. The molecule has 0 aliphatic heterocycles. The number of alkyl halides is 3. The van der Waals surface area contributed by atoms with Crippen molar-refractivity contribution in [1.82, 2.24) is 5.32 Å². The van der Waals surface area contributed by atoms with Crippen molar-refractivity contribution >= 4 is 29.3 Å². The zero-order valence-corrected chi connectivity index (χ0v) is 11.0. The second kappa shape index (κ2) is 6.68. The molecule has 0 aliphatic carbocycles. The van der Waals surface area contributed by atoms with Crippen LogP contribution >= 0.6 is 23.4 Å². The van der Waals surface area contributed by atoms with Gasteiger partial charge in [-0.25, -0.2) is 0 Å². The van der Waals surface area contributed by atoms with Crippen molar-refractivity contribution < 1.29 is 18.0 Å². The third-order valence-electron chi connectivity index (χ3n) is 1.91. The Morgan fingerprint density at radius 3 is 2.68 bits per heavy atom. The fourth-order valence-electron chi connectivity index (χ4n) is 1.08. The van der Waals surface area contributed by atoms with Gasteiger partial charge in [-0.1, -0.05) is 11.6 Å². The number of nitriles is 1. The van der Waals surface area contributed by atoms with E-state index in [4.69, 9.17) is 16.9 Å². The van der Waals surface area contributed by atoms with Crippen LogP contribution in [0.1, 0.15) is 5.56 Å². The van der Waals surface area contributed by atoms with Crippen LogP contribution in [0, 0.1) is 11.3 Å². The molecule has 0 saturated carbocycles. The lowest BCUT2D eigenvalue weighted by atomic mass is 10.2. The molecule has 0 heterocycles. The van der Waals surface area contributed by atoms with Crippen molar-refractivity contribution in [2.75, 3.05) is 12.3 Å². The second-order valence-corrected chi connectivity index (χ2v) is 4.86. The fraction of sp³-hybridized carbons (Fsp3) is 0.273. The van der Waals surface area contributed by atoms with Crippen LogP contribution in [0.2, 0.25) is 5.02 Å². The molecule has 0 atom stereocenters. The molecule has 0 unspecified atom stereocenters. The molecule has 0 fully saturated rings. The van der Waals surface area contributed by atoms with Crippen molar-refractivity contribution in [3.63, 3.8) is 0 Å². The smallest absolute Gasteiger partial charge is 0.346 e. The first kappa shape index (κ1) is 15.7. The van der Waals surface area contributed by atoms with Gasteiger partial charge in [0.15, 0.2) is 0 Å². The lowest BCUT2D eigenvalue weighted by Gasteiger charge is -2.08. The summed E-state index contributed by atoms with van der Waals surface area (Å²) in [5.41, 5.74) is 0.371. The Hall–Kier alpha value is -1.39. The molecule has 1 rings (SSSR count). The van der Waals surface area contributed by atoms with Gasteiger partial charge >= 0.3 is 6.18 Å². The highest BCUT2D eigenvalue weighted by Crippen LogP contribution is 2.27. The molecule has 0 radical (unpaired) electrons. The fourth-order valence-corrected chi connectivity index (χ4v) is 2.17. The summed E-state index contributed by atoms with van der Waals surface area (Å²) >= 11 is 6.86. The monoisotopic (exact) mass is 308 g/mol. The quantitative estimate of drug-likeness (QED) is 0.870. The van der Waals surface area contributed by atoms with Crippen LogP contribution < -0.4 is 5.32 Å². The molecule has 1 aromatic carbocycles. The van der Waals surface area contributed by atoms with Crippen LogP contribution in [-0.2, 0) is 4.79 Å². The number of benzene rings is 1. The summed E-state index contributed by atoms with van der Waals surface area (Å²) in [6.45, 7) is -1.35. The number of rotatable bonds is 4. The third-order valence-corrected chi connectivity index (χ3v) is 3.40. The van der Waals surface area contributed by atoms with Gasteiger partial charge in [0.05, 0.1) is 22.4 Å². The minimum Gasteiger partial charge on any atom is -0.346 e. The van der Waals surface area contributed by atoms with Crippen molar-refractivity contribution in [2.24, 2.45) is 0 Å². The van der Waals surface area contributed by atoms with Crippen LogP contribution in [-0.4, -0.2) is 24.4 Å². The Kier molecular flexibility index (Phi) is 5.51. The molecule has 0 saturated heterocycles. The van der Waals surface area contributed by atoms with E-state index in [0.717, 1.165) is 11.8 Å². The van der Waals surface area contributed by atoms with Gasteiger partial charge in [0.1, 0.15) is 6.54 Å². The summed E-state index contributed by atoms with van der Waals surface area (Å²) in [5, 5.41) is 10.7. The van der Waals surface area contributed by atoms with E-state index in [9.17, 15) is 18.0 Å². The van der Waals surface area contributed by atoms with E-state index >= 15 is 0 Å². The highest BCUT2D eigenvalue weighted by atomic mass is 35.5. The standard InChI is InChI=1S/C11H8ClF3N2OS/c12-8-3-7(4-16)1-2-9(8)19-5-10(18)17-6-11(13,14)15/h1-3H,5-6H2,(H,17,18). The van der Waals surface area contributed by atoms with Gasteiger partial charge in [0.2, 0.25) is 5.91 Å². The number of nitrogens with one attached hydrogen (secondary N) is 1. The molecule has 0 bridgehead atoms. The Morgan fingerprint density at radius 2 is 2.16 bits per heavy atom. The van der Waals surface area contributed by atoms with Gasteiger partial charge in [-0.15, -0.1) is 11.8 Å². The normalized spacial score (nSPS) is 10.9. The van der Waals surface area contributed by atoms with E-state index in [1.807, 2.05) is 6.07 Å². The van der Waals surface area contributed by atoms with Gasteiger partial charge in [-0.2, -0.15) is 18.4 Å². The van der Waals surface area contributed by atoms with Crippen LogP contribution in [0.3, 0.4) is 0 Å². The average Bonchev–Trinajstić information content (AvgIpc) is 2.34. The number of hydrogen-bond donors (Lipinski definition) is 1. The first-order chi connectivity index (χ1) is 8.81. The van der Waals surface area contributed by atoms with Gasteiger partial charge in [-0.3, -0.25) is 4.79 Å². The maximum absolute atomic E-state index is 11.9. The highest BCUT2D eigenvalue weighted by Gasteiger charge is 2.27. The summed E-state index contributed by atoms with van der Waals surface area (Å²) in [6.07, 6.45) is -4.42. The summed E-state index contributed by atoms with van der Waals surface area (Å²) in [6, 6.07) is 6.39. The number of nitrogens with zero attached hydrogens (tertiary/aromatic N) is 1. The van der Waals surface area contributed by atoms with E-state index in [0.29, 0.717) is 10.5 Å². The topological polar surface area (TPSA) is 52.9 Å². The SMILES string of the molecule is N#Cc1ccc(SCC(=O)NCC(F)(F)F)c(Cl)c1. The van der Waals surface area contributed by atoms with Gasteiger partial charge in [0, 0.05) is 4.90 Å². The predicted octanol–water partition coefficient (Wildman–Crippen LogP) is 2.98. The molecule has 1 aromatic rings. The molecule has 1 N–H and O–H groups in total. The van der Waals surface area contributed by atoms with Crippen molar-refractivity contribution in [1.29, 1.82) is 5.26 Å². The average molecular weight is 309 g/mol. The molecule has 0 aromatic heterocycles. The van der Waals surface area contributed by atoms with Crippen molar-refractivity contribution in [3.8, 4) is 6.07 Å². The largest absolute Gasteiger partial charge is 0.405 e. The van der Waals surface area contributed by atoms with E-state index in [1.54, 1.807) is 11.4 Å². The first-order valence-electron chi connectivity index (χ1n) is 4.98. The molecule has 19 heavy (non-hydrogen) atoms. The Labute approximate surface area is 116 Å². The molecule has 0 spiro atoms. The van der Waals surface area contributed by atoms with E-state index < -0.39 is 18.6 Å². The Balaban J connectivity index is 2.49. The molecular formula is C11H8ClF3N2OS. The van der Waals surface area contributed by atoms with Crippen molar-refractivity contribution in [2.45, 2.75) is 11.1 Å². The van der Waals surface area contributed by atoms with Gasteiger partial charge in [0.25, 0.3) is 0 Å². The molecule has 0 aliphatic rings. The number of carbonyl (C=O) groups excluding carboxylic acids is 1. The van der Waals surface area contributed by atoms with E-state index in [-0.39, 0.29) is 10.8 Å². The van der Waals surface area contributed by atoms with E-state index in [1.165, 1.54) is 12.1 Å². The van der Waals surface area contributed by atoms with Crippen LogP contribution in [0.25, 0.3) is 0 Å². The number of halogens is 4. The molecule has 1 amide bonds.